The summed E-state index contributed by atoms with van der Waals surface area (Å²) in [6.07, 6.45) is 0. The van der Waals surface area contributed by atoms with E-state index in [1.807, 2.05) is 36.4 Å². The number of anilines is 1. The molecule has 0 heterocycles. The first-order valence-corrected chi connectivity index (χ1v) is 7.79. The fourth-order valence-electron chi connectivity index (χ4n) is 1.89. The predicted molar refractivity (Wildman–Crippen MR) is 84.5 cm³/mol. The van der Waals surface area contributed by atoms with Crippen LogP contribution in [0.2, 0.25) is 0 Å². The summed E-state index contributed by atoms with van der Waals surface area (Å²) in [5, 5.41) is 3.35. The molecule has 1 N–H and O–H groups in total. The van der Waals surface area contributed by atoms with Gasteiger partial charge >= 0.3 is 0 Å². The Balaban J connectivity index is 2.05. The van der Waals surface area contributed by atoms with Gasteiger partial charge in [0.25, 0.3) is 5.76 Å². The van der Waals surface area contributed by atoms with Crippen LogP contribution < -0.4 is 5.32 Å². The number of alkyl halides is 2. The van der Waals surface area contributed by atoms with Gasteiger partial charge in [0.15, 0.2) is 0 Å². The number of nitrogens with one attached hydrogen (secondary N) is 1. The molecule has 2 aromatic carbocycles. The van der Waals surface area contributed by atoms with Crippen molar-refractivity contribution in [3.05, 3.63) is 58.6 Å². The van der Waals surface area contributed by atoms with Gasteiger partial charge in [-0.3, -0.25) is 0 Å². The van der Waals surface area contributed by atoms with E-state index in [1.165, 1.54) is 0 Å². The zero-order valence-electron chi connectivity index (χ0n) is 10.8. The Morgan fingerprint density at radius 1 is 1.05 bits per heavy atom. The fraction of sp³-hybridized carbons (Fsp3) is 0.200. The van der Waals surface area contributed by atoms with Gasteiger partial charge in [-0.2, -0.15) is 8.78 Å². The number of halogens is 3. The Morgan fingerprint density at radius 2 is 1.70 bits per heavy atom. The van der Waals surface area contributed by atoms with Gasteiger partial charge < -0.3 is 5.32 Å². The van der Waals surface area contributed by atoms with Crippen molar-refractivity contribution in [2.24, 2.45) is 0 Å². The lowest BCUT2D eigenvalue weighted by molar-refractivity contribution is 0.252. The van der Waals surface area contributed by atoms with Crippen LogP contribution in [0, 0.1) is 0 Å². The van der Waals surface area contributed by atoms with Gasteiger partial charge in [0.2, 0.25) is 0 Å². The standard InChI is InChI=1S/C15H14BrF2NS/c1-10(13-4-2-3-5-14(13)16)19-11-6-8-12(9-7-11)20-15(17)18/h2-10,15,19H,1H3. The van der Waals surface area contributed by atoms with Gasteiger partial charge in [-0.15, -0.1) is 0 Å². The maximum absolute atomic E-state index is 12.2. The predicted octanol–water partition coefficient (Wildman–Crippen LogP) is 5.94. The maximum atomic E-state index is 12.2. The van der Waals surface area contributed by atoms with Crippen molar-refractivity contribution in [2.45, 2.75) is 23.6 Å². The van der Waals surface area contributed by atoms with Crippen molar-refractivity contribution in [1.29, 1.82) is 0 Å². The number of thioether (sulfide) groups is 1. The molecule has 0 aliphatic rings. The minimum atomic E-state index is -2.38. The van der Waals surface area contributed by atoms with Crippen molar-refractivity contribution >= 4 is 33.4 Å². The third-order valence-corrected chi connectivity index (χ3v) is 4.28. The van der Waals surface area contributed by atoms with Gasteiger partial charge in [-0.25, -0.2) is 0 Å². The highest BCUT2D eigenvalue weighted by Gasteiger charge is 2.09. The molecule has 1 nitrogen and oxygen atoms in total. The Labute approximate surface area is 129 Å². The highest BCUT2D eigenvalue weighted by Crippen LogP contribution is 2.29. The summed E-state index contributed by atoms with van der Waals surface area (Å²) < 4.78 is 25.5. The SMILES string of the molecule is CC(Nc1ccc(SC(F)F)cc1)c1ccccc1Br. The lowest BCUT2D eigenvalue weighted by Crippen LogP contribution is -2.07. The Hall–Kier alpha value is -1.07. The minimum absolute atomic E-state index is 0.124. The molecule has 0 aliphatic heterocycles. The van der Waals surface area contributed by atoms with Crippen LogP contribution >= 0.6 is 27.7 Å². The maximum Gasteiger partial charge on any atom is 0.288 e. The largest absolute Gasteiger partial charge is 0.378 e. The van der Waals surface area contributed by atoms with Gasteiger partial charge in [0.1, 0.15) is 0 Å². The summed E-state index contributed by atoms with van der Waals surface area (Å²) in [5.41, 5.74) is 2.06. The first kappa shape index (κ1) is 15.3. The van der Waals surface area contributed by atoms with E-state index < -0.39 is 5.76 Å². The summed E-state index contributed by atoms with van der Waals surface area (Å²) in [6, 6.07) is 15.2. The molecule has 0 spiro atoms. The lowest BCUT2D eigenvalue weighted by atomic mass is 10.1. The summed E-state index contributed by atoms with van der Waals surface area (Å²) in [4.78, 5) is 0.569. The molecule has 0 amide bonds. The summed E-state index contributed by atoms with van der Waals surface area (Å²) in [6.45, 7) is 2.06. The zero-order valence-corrected chi connectivity index (χ0v) is 13.2. The Bertz CT molecular complexity index is 560. The average molecular weight is 358 g/mol. The van der Waals surface area contributed by atoms with E-state index in [9.17, 15) is 8.78 Å². The van der Waals surface area contributed by atoms with E-state index in [1.54, 1.807) is 12.1 Å². The topological polar surface area (TPSA) is 12.0 Å². The van der Waals surface area contributed by atoms with Crippen molar-refractivity contribution < 1.29 is 8.78 Å². The van der Waals surface area contributed by atoms with Gasteiger partial charge in [-0.1, -0.05) is 45.9 Å². The van der Waals surface area contributed by atoms with E-state index in [2.05, 4.69) is 28.2 Å². The first-order chi connectivity index (χ1) is 9.56. The van der Waals surface area contributed by atoms with Crippen molar-refractivity contribution in [1.82, 2.24) is 0 Å². The van der Waals surface area contributed by atoms with E-state index in [4.69, 9.17) is 0 Å². The molecule has 20 heavy (non-hydrogen) atoms. The monoisotopic (exact) mass is 357 g/mol. The number of rotatable bonds is 5. The van der Waals surface area contributed by atoms with Gasteiger partial charge in [-0.05, 0) is 42.8 Å². The molecular weight excluding hydrogens is 344 g/mol. The second-order valence-electron chi connectivity index (χ2n) is 4.29. The molecular formula is C15H14BrF2NS. The Kier molecular flexibility index (Phi) is 5.43. The van der Waals surface area contributed by atoms with Crippen LogP contribution in [0.15, 0.2) is 57.9 Å². The molecule has 0 fully saturated rings. The molecule has 0 saturated carbocycles. The smallest absolute Gasteiger partial charge is 0.288 e. The second-order valence-corrected chi connectivity index (χ2v) is 6.21. The molecule has 2 aromatic rings. The number of benzene rings is 2. The van der Waals surface area contributed by atoms with E-state index >= 15 is 0 Å². The molecule has 0 bridgehead atoms. The van der Waals surface area contributed by atoms with Crippen LogP contribution in [0.3, 0.4) is 0 Å². The molecule has 0 aliphatic carbocycles. The second kappa shape index (κ2) is 7.09. The average Bonchev–Trinajstić information content (AvgIpc) is 2.41. The first-order valence-electron chi connectivity index (χ1n) is 6.12. The van der Waals surface area contributed by atoms with E-state index in [0.29, 0.717) is 16.7 Å². The minimum Gasteiger partial charge on any atom is -0.378 e. The molecule has 0 radical (unpaired) electrons. The summed E-state index contributed by atoms with van der Waals surface area (Å²) in [5.74, 6) is -2.38. The number of hydrogen-bond donors (Lipinski definition) is 1. The van der Waals surface area contributed by atoms with Crippen molar-refractivity contribution in [2.75, 3.05) is 5.32 Å². The quantitative estimate of drug-likeness (QED) is 0.664. The highest BCUT2D eigenvalue weighted by molar-refractivity contribution is 9.10. The lowest BCUT2D eigenvalue weighted by Gasteiger charge is -2.17. The van der Waals surface area contributed by atoms with Crippen LogP contribution in [0.1, 0.15) is 18.5 Å². The van der Waals surface area contributed by atoms with Gasteiger partial charge in [0, 0.05) is 21.1 Å². The molecule has 5 heteroatoms. The van der Waals surface area contributed by atoms with Crippen molar-refractivity contribution in [3.63, 3.8) is 0 Å². The molecule has 1 unspecified atom stereocenters. The normalized spacial score (nSPS) is 12.4. The Morgan fingerprint density at radius 3 is 2.30 bits per heavy atom. The van der Waals surface area contributed by atoms with E-state index in [0.717, 1.165) is 15.7 Å². The molecule has 0 aromatic heterocycles. The van der Waals surface area contributed by atoms with Crippen LogP contribution in [-0.4, -0.2) is 5.76 Å². The third kappa shape index (κ3) is 4.21. The van der Waals surface area contributed by atoms with Crippen LogP contribution in [0.5, 0.6) is 0 Å². The zero-order chi connectivity index (χ0) is 14.5. The fourth-order valence-corrected chi connectivity index (χ4v) is 3.01. The third-order valence-electron chi connectivity index (χ3n) is 2.83. The summed E-state index contributed by atoms with van der Waals surface area (Å²) >= 11 is 4.08. The highest BCUT2D eigenvalue weighted by atomic mass is 79.9. The molecule has 2 rings (SSSR count). The van der Waals surface area contributed by atoms with Crippen molar-refractivity contribution in [3.8, 4) is 0 Å². The molecule has 0 saturated heterocycles. The number of hydrogen-bond acceptors (Lipinski definition) is 2. The van der Waals surface area contributed by atoms with Gasteiger partial charge in [0.05, 0.1) is 0 Å². The summed E-state index contributed by atoms with van der Waals surface area (Å²) in [7, 11) is 0. The molecule has 106 valence electrons. The van der Waals surface area contributed by atoms with Crippen LogP contribution in [0.25, 0.3) is 0 Å². The van der Waals surface area contributed by atoms with E-state index in [-0.39, 0.29) is 6.04 Å². The van der Waals surface area contributed by atoms with Crippen LogP contribution in [-0.2, 0) is 0 Å². The molecule has 1 atom stereocenters. The van der Waals surface area contributed by atoms with Crippen LogP contribution in [0.4, 0.5) is 14.5 Å².